The lowest BCUT2D eigenvalue weighted by Gasteiger charge is -2.39. The van der Waals surface area contributed by atoms with Crippen molar-refractivity contribution in [1.29, 1.82) is 10.5 Å². The maximum Gasteiger partial charge on any atom is 0.0991 e. The molecular weight excluding hydrogens is 849 g/mol. The van der Waals surface area contributed by atoms with Crippen LogP contribution in [0.5, 0.6) is 0 Å². The Kier molecular flexibility index (Phi) is 8.16. The summed E-state index contributed by atoms with van der Waals surface area (Å²) in [7, 11) is 0. The van der Waals surface area contributed by atoms with E-state index in [9.17, 15) is 10.5 Å². The zero-order valence-electron chi connectivity index (χ0n) is 36.2. The Morgan fingerprint density at radius 3 is 1.37 bits per heavy atom. The van der Waals surface area contributed by atoms with Gasteiger partial charge in [0.15, 0.2) is 0 Å². The van der Waals surface area contributed by atoms with Crippen molar-refractivity contribution >= 4 is 55.4 Å². The quantitative estimate of drug-likeness (QED) is 0.176. The van der Waals surface area contributed by atoms with Crippen LogP contribution in [0.3, 0.4) is 0 Å². The van der Waals surface area contributed by atoms with E-state index in [-0.39, 0.29) is 0 Å². The summed E-state index contributed by atoms with van der Waals surface area (Å²) in [6.45, 7) is 0. The maximum absolute atomic E-state index is 9.97. The Morgan fingerprint density at radius 1 is 0.382 bits per heavy atom. The lowest BCUT2D eigenvalue weighted by molar-refractivity contribution is 0.720. The molecule has 14 rings (SSSR count). The van der Waals surface area contributed by atoms with Crippen molar-refractivity contribution < 1.29 is 0 Å². The van der Waals surface area contributed by atoms with Gasteiger partial charge in [0, 0.05) is 55.1 Å². The van der Waals surface area contributed by atoms with Gasteiger partial charge >= 0.3 is 0 Å². The molecule has 0 N–H and O–H groups in total. The molecule has 4 aromatic heterocycles. The molecule has 12 aromatic rings. The molecule has 1 aliphatic heterocycles. The number of benzene rings is 8. The highest BCUT2D eigenvalue weighted by Gasteiger charge is 2.51. The van der Waals surface area contributed by atoms with Gasteiger partial charge in [-0.1, -0.05) is 90.6 Å². The summed E-state index contributed by atoms with van der Waals surface area (Å²) in [6.07, 6.45) is 3.75. The van der Waals surface area contributed by atoms with Crippen molar-refractivity contribution in [3.8, 4) is 57.2 Å². The summed E-state index contributed by atoms with van der Waals surface area (Å²) in [6, 6.07) is 73.5. The van der Waals surface area contributed by atoms with Gasteiger partial charge in [-0.2, -0.15) is 10.5 Å². The fourth-order valence-corrected chi connectivity index (χ4v) is 12.4. The topological polar surface area (TPSA) is 83.2 Å². The summed E-state index contributed by atoms with van der Waals surface area (Å²) in [5.41, 5.74) is 17.9. The molecule has 0 radical (unpaired) electrons. The molecule has 6 nitrogen and oxygen atoms in total. The Morgan fingerprint density at radius 2 is 0.838 bits per heavy atom. The third-order valence-electron chi connectivity index (χ3n) is 14.1. The van der Waals surface area contributed by atoms with Crippen LogP contribution < -0.4 is 0 Å². The molecule has 8 aromatic carbocycles. The number of hydrogen-bond acceptors (Lipinski definition) is 5. The van der Waals surface area contributed by atoms with Crippen LogP contribution >= 0.6 is 11.8 Å². The van der Waals surface area contributed by atoms with Crippen LogP contribution in [-0.4, -0.2) is 19.1 Å². The molecule has 68 heavy (non-hydrogen) atoms. The smallest absolute Gasteiger partial charge is 0.0991 e. The van der Waals surface area contributed by atoms with Gasteiger partial charge in [0.2, 0.25) is 0 Å². The molecular formula is C61H34N6S. The minimum absolute atomic E-state index is 0.635. The highest BCUT2D eigenvalue weighted by Crippen LogP contribution is 2.62. The fourth-order valence-electron chi connectivity index (χ4n) is 11.2. The molecule has 5 heterocycles. The number of nitrogens with zero attached hydrogens (tertiary/aromatic N) is 6. The Hall–Kier alpha value is -9.01. The van der Waals surface area contributed by atoms with Crippen LogP contribution in [0.4, 0.5) is 0 Å². The molecule has 0 bridgehead atoms. The lowest BCUT2D eigenvalue weighted by Crippen LogP contribution is -2.32. The van der Waals surface area contributed by atoms with Gasteiger partial charge in [-0.3, -0.25) is 9.97 Å². The Balaban J connectivity index is 0.960. The van der Waals surface area contributed by atoms with Crippen molar-refractivity contribution in [2.24, 2.45) is 0 Å². The number of fused-ring (bicyclic) bond motifs is 15. The maximum atomic E-state index is 9.97. The average Bonchev–Trinajstić information content (AvgIpc) is 4.02. The molecule has 1 spiro atoms. The number of para-hydroxylation sites is 2. The minimum Gasteiger partial charge on any atom is -0.309 e. The summed E-state index contributed by atoms with van der Waals surface area (Å²) >= 11 is 1.81. The number of hydrogen-bond donors (Lipinski definition) is 0. The average molecular weight is 883 g/mol. The van der Waals surface area contributed by atoms with Gasteiger partial charge in [-0.15, -0.1) is 0 Å². The van der Waals surface area contributed by atoms with E-state index < -0.39 is 5.41 Å². The normalized spacial score (nSPS) is 13.0. The molecule has 0 saturated heterocycles. The first-order valence-electron chi connectivity index (χ1n) is 22.6. The van der Waals surface area contributed by atoms with Gasteiger partial charge in [0.1, 0.15) is 0 Å². The highest BCUT2D eigenvalue weighted by molar-refractivity contribution is 7.99. The molecule has 7 heteroatoms. The zero-order valence-corrected chi connectivity index (χ0v) is 37.0. The predicted octanol–water partition coefficient (Wildman–Crippen LogP) is 14.6. The van der Waals surface area contributed by atoms with E-state index in [1.165, 1.54) is 20.9 Å². The monoisotopic (exact) mass is 882 g/mol. The van der Waals surface area contributed by atoms with Crippen molar-refractivity contribution in [1.82, 2.24) is 19.1 Å². The molecule has 2 aliphatic rings. The van der Waals surface area contributed by atoms with Gasteiger partial charge in [0.05, 0.1) is 62.1 Å². The first-order valence-corrected chi connectivity index (χ1v) is 23.4. The van der Waals surface area contributed by atoms with Crippen molar-refractivity contribution in [2.45, 2.75) is 15.2 Å². The van der Waals surface area contributed by atoms with Gasteiger partial charge in [0.25, 0.3) is 0 Å². The molecule has 0 atom stereocenters. The highest BCUT2D eigenvalue weighted by atomic mass is 32.2. The van der Waals surface area contributed by atoms with E-state index in [0.717, 1.165) is 99.8 Å². The van der Waals surface area contributed by atoms with Gasteiger partial charge in [-0.25, -0.2) is 0 Å². The van der Waals surface area contributed by atoms with Crippen molar-refractivity contribution in [3.63, 3.8) is 0 Å². The summed E-state index contributed by atoms with van der Waals surface area (Å²) in [5.74, 6) is 0. The van der Waals surface area contributed by atoms with Crippen molar-refractivity contribution in [3.05, 3.63) is 240 Å². The van der Waals surface area contributed by atoms with Crippen molar-refractivity contribution in [2.75, 3.05) is 0 Å². The van der Waals surface area contributed by atoms with Crippen LogP contribution in [-0.2, 0) is 5.41 Å². The number of rotatable bonds is 4. The van der Waals surface area contributed by atoms with Crippen LogP contribution in [0, 0.1) is 22.7 Å². The third kappa shape index (κ3) is 5.34. The number of aromatic nitrogens is 4. The first-order chi connectivity index (χ1) is 33.6. The second kappa shape index (κ2) is 14.5. The van der Waals surface area contributed by atoms with Crippen LogP contribution in [0.25, 0.3) is 88.6 Å². The zero-order chi connectivity index (χ0) is 45.1. The molecule has 0 fully saturated rings. The first kappa shape index (κ1) is 38.3. The SMILES string of the molecule is N#Cc1ccc2c(c1)c1cc(-c3ccc4c(c3)Sc3ccc(-c5ccc6c(c5)c5cc(C#N)ccc5n6-c5ccccc5)cc3C43c4cccnc4-c4ncccc43)ccc1n2-c1ccccc1. The molecule has 0 amide bonds. The van der Waals surface area contributed by atoms with E-state index in [1.807, 2.05) is 60.6 Å². The fraction of sp³-hybridized carbons (Fsp3) is 0.0164. The van der Waals surface area contributed by atoms with E-state index >= 15 is 0 Å². The van der Waals surface area contributed by atoms with E-state index in [1.54, 1.807) is 0 Å². The predicted molar refractivity (Wildman–Crippen MR) is 272 cm³/mol. The van der Waals surface area contributed by atoms with E-state index in [4.69, 9.17) is 9.97 Å². The van der Waals surface area contributed by atoms with Crippen LogP contribution in [0.2, 0.25) is 0 Å². The van der Waals surface area contributed by atoms with E-state index in [0.29, 0.717) is 11.1 Å². The number of pyridine rings is 2. The Labute approximate surface area is 395 Å². The van der Waals surface area contributed by atoms with Crippen LogP contribution in [0.1, 0.15) is 33.4 Å². The molecule has 0 saturated carbocycles. The molecule has 0 unspecified atom stereocenters. The number of nitriles is 2. The summed E-state index contributed by atoms with van der Waals surface area (Å²) in [5, 5.41) is 24.2. The third-order valence-corrected chi connectivity index (χ3v) is 15.3. The van der Waals surface area contributed by atoms with Gasteiger partial charge in [-0.05, 0) is 160 Å². The summed E-state index contributed by atoms with van der Waals surface area (Å²) < 4.78 is 4.58. The lowest BCUT2D eigenvalue weighted by atomic mass is 9.67. The largest absolute Gasteiger partial charge is 0.309 e. The standard InChI is InChI=1S/C61H34N6S/c62-35-37-15-22-53-45(29-37)47-31-39(18-24-55(47)66(53)43-9-3-1-4-10-43)41-20-26-57-52(33-41)61(50-13-7-27-64-59(50)60-51(61)14-8-28-65-60)49-21-17-42(34-58(49)68-57)40-19-25-56-48(32-40)46-30-38(36-63)16-23-54(46)67(56)44-11-5-2-6-12-44/h1-34H. The second-order valence-corrected chi connectivity index (χ2v) is 18.7. The second-order valence-electron chi connectivity index (χ2n) is 17.6. The molecule has 1 aliphatic carbocycles. The summed E-state index contributed by atoms with van der Waals surface area (Å²) in [4.78, 5) is 12.4. The van der Waals surface area contributed by atoms with E-state index in [2.05, 4.69) is 179 Å². The van der Waals surface area contributed by atoms with Crippen LogP contribution in [0.15, 0.2) is 216 Å². The Bertz CT molecular complexity index is 4160. The molecule has 314 valence electrons. The minimum atomic E-state index is -0.687. The van der Waals surface area contributed by atoms with Gasteiger partial charge < -0.3 is 9.13 Å².